The van der Waals surface area contributed by atoms with Crippen LogP contribution in [0.3, 0.4) is 0 Å². The van der Waals surface area contributed by atoms with Crippen LogP contribution in [0.5, 0.6) is 0 Å². The number of para-hydroxylation sites is 1. The van der Waals surface area contributed by atoms with E-state index in [0.29, 0.717) is 47.5 Å². The summed E-state index contributed by atoms with van der Waals surface area (Å²) in [5.41, 5.74) is 1.68. The van der Waals surface area contributed by atoms with Crippen LogP contribution in [0.4, 0.5) is 4.39 Å². The first-order valence-electron chi connectivity index (χ1n) is 9.55. The number of halogens is 1. The summed E-state index contributed by atoms with van der Waals surface area (Å²) in [5, 5.41) is 0.782. The monoisotopic (exact) mass is 388 g/mol. The largest absolute Gasteiger partial charge is 0.461 e. The predicted molar refractivity (Wildman–Crippen MR) is 107 cm³/mol. The molecule has 3 aromatic rings. The number of rotatable bonds is 2. The van der Waals surface area contributed by atoms with E-state index in [0.717, 1.165) is 10.9 Å². The second-order valence-corrected chi connectivity index (χ2v) is 7.26. The number of carbonyl (C=O) groups is 1. The standard InChI is InChI=1S/C24H17FO4/c25-16-10-8-14(9-11-16)17-13-22(28-21-7-3-5-19(26)23(17)21)18-12-15-4-1-2-6-20(15)29-24(18)27/h1-2,4,6,8-13,17H,3,5,7H2. The highest BCUT2D eigenvalue weighted by Crippen LogP contribution is 2.42. The van der Waals surface area contributed by atoms with Crippen LogP contribution >= 0.6 is 0 Å². The Morgan fingerprint density at radius 3 is 2.59 bits per heavy atom. The van der Waals surface area contributed by atoms with Gasteiger partial charge < -0.3 is 9.15 Å². The molecule has 1 aliphatic heterocycles. The topological polar surface area (TPSA) is 56.5 Å². The molecular weight excluding hydrogens is 371 g/mol. The van der Waals surface area contributed by atoms with Crippen molar-refractivity contribution in [2.24, 2.45) is 0 Å². The summed E-state index contributed by atoms with van der Waals surface area (Å²) in [6.45, 7) is 0. The number of allylic oxidation sites excluding steroid dienone is 3. The van der Waals surface area contributed by atoms with E-state index in [1.165, 1.54) is 12.1 Å². The van der Waals surface area contributed by atoms with Crippen LogP contribution in [0.2, 0.25) is 0 Å². The van der Waals surface area contributed by atoms with Crippen molar-refractivity contribution in [1.82, 2.24) is 0 Å². The highest BCUT2D eigenvalue weighted by molar-refractivity contribution is 5.99. The third-order valence-electron chi connectivity index (χ3n) is 5.41. The lowest BCUT2D eigenvalue weighted by molar-refractivity contribution is -0.116. The zero-order valence-corrected chi connectivity index (χ0v) is 15.5. The highest BCUT2D eigenvalue weighted by Gasteiger charge is 2.34. The van der Waals surface area contributed by atoms with Crippen molar-refractivity contribution < 1.29 is 18.3 Å². The normalized spacial score (nSPS) is 19.0. The Kier molecular flexibility index (Phi) is 4.16. The molecule has 5 rings (SSSR count). The molecule has 1 atom stereocenters. The van der Waals surface area contributed by atoms with Gasteiger partial charge in [-0.1, -0.05) is 30.3 Å². The maximum atomic E-state index is 13.4. The molecule has 1 unspecified atom stereocenters. The minimum absolute atomic E-state index is 0.0291. The number of hydrogen-bond acceptors (Lipinski definition) is 4. The van der Waals surface area contributed by atoms with Gasteiger partial charge in [0.15, 0.2) is 5.78 Å². The minimum Gasteiger partial charge on any atom is -0.461 e. The van der Waals surface area contributed by atoms with E-state index in [1.807, 2.05) is 12.1 Å². The number of benzene rings is 2. The number of hydrogen-bond donors (Lipinski definition) is 0. The maximum absolute atomic E-state index is 13.4. The van der Waals surface area contributed by atoms with Crippen LogP contribution in [0.15, 0.2) is 81.2 Å². The quantitative estimate of drug-likeness (QED) is 0.574. The van der Waals surface area contributed by atoms with Gasteiger partial charge in [-0.3, -0.25) is 4.79 Å². The molecule has 0 amide bonds. The summed E-state index contributed by atoms with van der Waals surface area (Å²) >= 11 is 0. The molecule has 1 aromatic heterocycles. The van der Waals surface area contributed by atoms with Crippen molar-refractivity contribution in [2.75, 3.05) is 0 Å². The van der Waals surface area contributed by atoms with Crippen molar-refractivity contribution in [2.45, 2.75) is 25.2 Å². The third kappa shape index (κ3) is 3.09. The number of fused-ring (bicyclic) bond motifs is 1. The van der Waals surface area contributed by atoms with Crippen LogP contribution in [-0.4, -0.2) is 5.78 Å². The van der Waals surface area contributed by atoms with E-state index in [-0.39, 0.29) is 11.6 Å². The molecule has 2 aromatic carbocycles. The maximum Gasteiger partial charge on any atom is 0.347 e. The zero-order chi connectivity index (χ0) is 20.0. The molecule has 2 aliphatic rings. The summed E-state index contributed by atoms with van der Waals surface area (Å²) in [5.74, 6) is 0.242. The first kappa shape index (κ1) is 17.6. The molecule has 2 heterocycles. The molecule has 0 radical (unpaired) electrons. The van der Waals surface area contributed by atoms with E-state index < -0.39 is 11.5 Å². The van der Waals surface area contributed by atoms with Gasteiger partial charge in [-0.15, -0.1) is 0 Å². The van der Waals surface area contributed by atoms with Crippen molar-refractivity contribution >= 4 is 22.5 Å². The number of ketones is 1. The van der Waals surface area contributed by atoms with E-state index >= 15 is 0 Å². The molecule has 1 aliphatic carbocycles. The fraction of sp³-hybridized carbons (Fsp3) is 0.167. The molecule has 5 heteroatoms. The summed E-state index contributed by atoms with van der Waals surface area (Å²) < 4.78 is 24.9. The Bertz CT molecular complexity index is 1250. The van der Waals surface area contributed by atoms with Gasteiger partial charge in [-0.2, -0.15) is 0 Å². The SMILES string of the molecule is O=C1CCCC2=C1C(c1ccc(F)cc1)C=C(c1cc3ccccc3oc1=O)O2. The molecule has 0 saturated carbocycles. The van der Waals surface area contributed by atoms with E-state index in [2.05, 4.69) is 0 Å². The Morgan fingerprint density at radius 2 is 1.76 bits per heavy atom. The molecule has 0 bridgehead atoms. The van der Waals surface area contributed by atoms with Crippen molar-refractivity contribution in [3.05, 3.63) is 99.4 Å². The van der Waals surface area contributed by atoms with Crippen LogP contribution in [0, 0.1) is 5.82 Å². The Hall–Kier alpha value is -3.47. The lowest BCUT2D eigenvalue weighted by Crippen LogP contribution is -2.23. The molecule has 0 spiro atoms. The highest BCUT2D eigenvalue weighted by atomic mass is 19.1. The van der Waals surface area contributed by atoms with Gasteiger partial charge in [0.1, 0.15) is 28.5 Å². The number of ether oxygens (including phenoxy) is 1. The van der Waals surface area contributed by atoms with Crippen molar-refractivity contribution in [1.29, 1.82) is 0 Å². The van der Waals surface area contributed by atoms with Gasteiger partial charge in [0.05, 0.1) is 0 Å². The molecule has 4 nitrogen and oxygen atoms in total. The average Bonchev–Trinajstić information content (AvgIpc) is 2.73. The van der Waals surface area contributed by atoms with Crippen molar-refractivity contribution in [3.8, 4) is 0 Å². The molecule has 0 fully saturated rings. The van der Waals surface area contributed by atoms with Crippen LogP contribution in [-0.2, 0) is 9.53 Å². The van der Waals surface area contributed by atoms with Crippen LogP contribution in [0.25, 0.3) is 16.7 Å². The van der Waals surface area contributed by atoms with Gasteiger partial charge in [0.25, 0.3) is 0 Å². The fourth-order valence-electron chi connectivity index (χ4n) is 4.00. The van der Waals surface area contributed by atoms with Crippen molar-refractivity contribution in [3.63, 3.8) is 0 Å². The molecule has 29 heavy (non-hydrogen) atoms. The molecule has 144 valence electrons. The summed E-state index contributed by atoms with van der Waals surface area (Å²) in [6, 6.07) is 15.1. The summed E-state index contributed by atoms with van der Waals surface area (Å²) in [4.78, 5) is 25.3. The van der Waals surface area contributed by atoms with Gasteiger partial charge in [-0.05, 0) is 42.3 Å². The van der Waals surface area contributed by atoms with E-state index in [4.69, 9.17) is 9.15 Å². The fourth-order valence-corrected chi connectivity index (χ4v) is 4.00. The second kappa shape index (κ2) is 6.85. The smallest absolute Gasteiger partial charge is 0.347 e. The Balaban J connectivity index is 1.67. The van der Waals surface area contributed by atoms with Gasteiger partial charge in [0.2, 0.25) is 0 Å². The molecule has 0 saturated heterocycles. The van der Waals surface area contributed by atoms with Gasteiger partial charge >= 0.3 is 5.63 Å². The van der Waals surface area contributed by atoms with Crippen LogP contribution < -0.4 is 5.63 Å². The number of carbonyl (C=O) groups excluding carboxylic acids is 1. The predicted octanol–water partition coefficient (Wildman–Crippen LogP) is 5.09. The van der Waals surface area contributed by atoms with E-state index in [1.54, 1.807) is 36.4 Å². The summed E-state index contributed by atoms with van der Waals surface area (Å²) in [7, 11) is 0. The zero-order valence-electron chi connectivity index (χ0n) is 15.5. The first-order valence-corrected chi connectivity index (χ1v) is 9.55. The third-order valence-corrected chi connectivity index (χ3v) is 5.41. The second-order valence-electron chi connectivity index (χ2n) is 7.26. The lowest BCUT2D eigenvalue weighted by Gasteiger charge is -2.30. The van der Waals surface area contributed by atoms with Gasteiger partial charge in [0, 0.05) is 29.7 Å². The molecular formula is C24H17FO4. The molecule has 0 N–H and O–H groups in total. The Labute approximate surface area is 165 Å². The average molecular weight is 388 g/mol. The van der Waals surface area contributed by atoms with Crippen LogP contribution in [0.1, 0.15) is 36.3 Å². The Morgan fingerprint density at radius 1 is 0.966 bits per heavy atom. The first-order chi connectivity index (χ1) is 14.1. The minimum atomic E-state index is -0.501. The van der Waals surface area contributed by atoms with Gasteiger partial charge in [-0.25, -0.2) is 9.18 Å². The van der Waals surface area contributed by atoms with E-state index in [9.17, 15) is 14.0 Å². The lowest BCUT2D eigenvalue weighted by atomic mass is 9.80. The summed E-state index contributed by atoms with van der Waals surface area (Å²) in [6.07, 6.45) is 3.54. The number of Topliss-reactive ketones (excluding diaryl/α,β-unsaturated/α-hetero) is 1.